The van der Waals surface area contributed by atoms with Crippen LogP contribution in [0.5, 0.6) is 0 Å². The summed E-state index contributed by atoms with van der Waals surface area (Å²) in [6.07, 6.45) is 4.81. The Bertz CT molecular complexity index is 327. The van der Waals surface area contributed by atoms with Crippen molar-refractivity contribution >= 4 is 11.7 Å². The van der Waals surface area contributed by atoms with Gasteiger partial charge in [-0.3, -0.25) is 9.59 Å². The van der Waals surface area contributed by atoms with Crippen molar-refractivity contribution in [1.82, 2.24) is 10.2 Å². The lowest BCUT2D eigenvalue weighted by Gasteiger charge is -2.33. The standard InChI is InChI=1S/C14H22N2O2/c1-2-13(17)11-3-5-12(6-4-11)14(18)16-9-7-15-8-10-16/h2,11-12,15H,1,3-10H2. The third kappa shape index (κ3) is 2.99. The van der Waals surface area contributed by atoms with Gasteiger partial charge in [-0.1, -0.05) is 6.58 Å². The first kappa shape index (κ1) is 13.3. The Morgan fingerprint density at radius 3 is 2.17 bits per heavy atom. The molecule has 1 aliphatic carbocycles. The van der Waals surface area contributed by atoms with E-state index in [1.807, 2.05) is 4.90 Å². The molecule has 0 aromatic heterocycles. The normalized spacial score (nSPS) is 28.8. The lowest BCUT2D eigenvalue weighted by atomic mass is 9.79. The fraction of sp³-hybridized carbons (Fsp3) is 0.714. The van der Waals surface area contributed by atoms with Crippen molar-refractivity contribution < 1.29 is 9.59 Å². The summed E-state index contributed by atoms with van der Waals surface area (Å²) in [5, 5.41) is 3.25. The van der Waals surface area contributed by atoms with Gasteiger partial charge in [-0.2, -0.15) is 0 Å². The molecule has 0 bridgehead atoms. The van der Waals surface area contributed by atoms with Crippen molar-refractivity contribution in [3.05, 3.63) is 12.7 Å². The number of nitrogens with zero attached hydrogens (tertiary/aromatic N) is 1. The van der Waals surface area contributed by atoms with Gasteiger partial charge in [-0.25, -0.2) is 0 Å². The quantitative estimate of drug-likeness (QED) is 0.760. The van der Waals surface area contributed by atoms with E-state index < -0.39 is 0 Å². The summed E-state index contributed by atoms with van der Waals surface area (Å²) in [6, 6.07) is 0. The molecule has 18 heavy (non-hydrogen) atoms. The Labute approximate surface area is 108 Å². The predicted molar refractivity (Wildman–Crippen MR) is 70.1 cm³/mol. The summed E-state index contributed by atoms with van der Waals surface area (Å²) in [6.45, 7) is 6.98. The van der Waals surface area contributed by atoms with Crippen LogP contribution < -0.4 is 5.32 Å². The number of rotatable bonds is 3. The van der Waals surface area contributed by atoms with Gasteiger partial charge >= 0.3 is 0 Å². The van der Waals surface area contributed by atoms with E-state index >= 15 is 0 Å². The van der Waals surface area contributed by atoms with E-state index in [1.165, 1.54) is 6.08 Å². The van der Waals surface area contributed by atoms with Gasteiger partial charge in [0.25, 0.3) is 0 Å². The highest BCUT2D eigenvalue weighted by Gasteiger charge is 2.31. The molecule has 1 saturated carbocycles. The fourth-order valence-electron chi connectivity index (χ4n) is 2.93. The van der Waals surface area contributed by atoms with Crippen molar-refractivity contribution in [2.24, 2.45) is 11.8 Å². The third-order valence-corrected chi connectivity index (χ3v) is 4.11. The molecule has 2 fully saturated rings. The van der Waals surface area contributed by atoms with Crippen LogP contribution in [0.1, 0.15) is 25.7 Å². The van der Waals surface area contributed by atoms with E-state index in [0.29, 0.717) is 5.91 Å². The molecule has 0 unspecified atom stereocenters. The number of allylic oxidation sites excluding steroid dienone is 1. The second kappa shape index (κ2) is 6.14. The maximum Gasteiger partial charge on any atom is 0.225 e. The molecule has 1 N–H and O–H groups in total. The summed E-state index contributed by atoms with van der Waals surface area (Å²) >= 11 is 0. The smallest absolute Gasteiger partial charge is 0.225 e. The van der Waals surface area contributed by atoms with Crippen LogP contribution in [-0.4, -0.2) is 42.8 Å². The zero-order chi connectivity index (χ0) is 13.0. The highest BCUT2D eigenvalue weighted by Crippen LogP contribution is 2.30. The Balaban J connectivity index is 1.83. The average Bonchev–Trinajstić information content (AvgIpc) is 2.47. The molecule has 0 atom stereocenters. The van der Waals surface area contributed by atoms with Gasteiger partial charge in [-0.15, -0.1) is 0 Å². The van der Waals surface area contributed by atoms with Crippen molar-refractivity contribution in [3.63, 3.8) is 0 Å². The summed E-state index contributed by atoms with van der Waals surface area (Å²) in [5.41, 5.74) is 0. The van der Waals surface area contributed by atoms with Crippen LogP contribution in [0.4, 0.5) is 0 Å². The van der Waals surface area contributed by atoms with Crippen LogP contribution in [0.25, 0.3) is 0 Å². The summed E-state index contributed by atoms with van der Waals surface area (Å²) in [7, 11) is 0. The Kier molecular flexibility index (Phi) is 4.53. The monoisotopic (exact) mass is 250 g/mol. The molecule has 4 heteroatoms. The van der Waals surface area contributed by atoms with Gasteiger partial charge in [0.05, 0.1) is 0 Å². The average molecular weight is 250 g/mol. The van der Waals surface area contributed by atoms with Gasteiger partial charge in [0, 0.05) is 38.0 Å². The largest absolute Gasteiger partial charge is 0.340 e. The number of ketones is 1. The lowest BCUT2D eigenvalue weighted by molar-refractivity contribution is -0.138. The molecule has 1 amide bonds. The van der Waals surface area contributed by atoms with Crippen LogP contribution >= 0.6 is 0 Å². The SMILES string of the molecule is C=CC(=O)C1CCC(C(=O)N2CCNCC2)CC1. The van der Waals surface area contributed by atoms with Crippen LogP contribution in [0.3, 0.4) is 0 Å². The zero-order valence-corrected chi connectivity index (χ0v) is 10.9. The zero-order valence-electron chi connectivity index (χ0n) is 10.9. The molecule has 0 aromatic carbocycles. The van der Waals surface area contributed by atoms with E-state index in [4.69, 9.17) is 0 Å². The van der Waals surface area contributed by atoms with E-state index in [2.05, 4.69) is 11.9 Å². The first-order chi connectivity index (χ1) is 8.72. The van der Waals surface area contributed by atoms with E-state index in [0.717, 1.165) is 51.9 Å². The molecular weight excluding hydrogens is 228 g/mol. The van der Waals surface area contributed by atoms with E-state index in [9.17, 15) is 9.59 Å². The van der Waals surface area contributed by atoms with Crippen molar-refractivity contribution in [3.8, 4) is 0 Å². The maximum absolute atomic E-state index is 12.3. The van der Waals surface area contributed by atoms with Crippen molar-refractivity contribution in [1.29, 1.82) is 0 Å². The molecular formula is C14H22N2O2. The number of hydrogen-bond donors (Lipinski definition) is 1. The molecule has 0 spiro atoms. The molecule has 2 aliphatic rings. The minimum absolute atomic E-state index is 0.106. The van der Waals surface area contributed by atoms with Crippen molar-refractivity contribution in [2.45, 2.75) is 25.7 Å². The number of carbonyl (C=O) groups excluding carboxylic acids is 2. The molecule has 0 aromatic rings. The van der Waals surface area contributed by atoms with Gasteiger partial charge in [0.15, 0.2) is 5.78 Å². The number of nitrogens with one attached hydrogen (secondary N) is 1. The molecule has 1 heterocycles. The van der Waals surface area contributed by atoms with E-state index in [-0.39, 0.29) is 17.6 Å². The lowest BCUT2D eigenvalue weighted by Crippen LogP contribution is -2.49. The Hall–Kier alpha value is -1.16. The predicted octanol–water partition coefficient (Wildman–Crippen LogP) is 0.980. The highest BCUT2D eigenvalue weighted by atomic mass is 16.2. The van der Waals surface area contributed by atoms with Gasteiger partial charge < -0.3 is 10.2 Å². The molecule has 1 aliphatic heterocycles. The minimum atomic E-state index is 0.106. The topological polar surface area (TPSA) is 49.4 Å². The highest BCUT2D eigenvalue weighted by molar-refractivity contribution is 5.91. The minimum Gasteiger partial charge on any atom is -0.340 e. The molecule has 0 radical (unpaired) electrons. The first-order valence-corrected chi connectivity index (χ1v) is 6.88. The maximum atomic E-state index is 12.3. The third-order valence-electron chi connectivity index (χ3n) is 4.11. The number of hydrogen-bond acceptors (Lipinski definition) is 3. The summed E-state index contributed by atoms with van der Waals surface area (Å²) < 4.78 is 0. The number of amides is 1. The van der Waals surface area contributed by atoms with Gasteiger partial charge in [0.1, 0.15) is 0 Å². The Morgan fingerprint density at radius 1 is 1.06 bits per heavy atom. The second-order valence-electron chi connectivity index (χ2n) is 5.23. The first-order valence-electron chi connectivity index (χ1n) is 6.88. The van der Waals surface area contributed by atoms with Crippen molar-refractivity contribution in [2.75, 3.05) is 26.2 Å². The van der Waals surface area contributed by atoms with Gasteiger partial charge in [0.2, 0.25) is 5.91 Å². The van der Waals surface area contributed by atoms with Crippen LogP contribution in [0.15, 0.2) is 12.7 Å². The number of carbonyl (C=O) groups is 2. The summed E-state index contributed by atoms with van der Waals surface area (Å²) in [4.78, 5) is 25.8. The Morgan fingerprint density at radius 2 is 1.61 bits per heavy atom. The molecule has 2 rings (SSSR count). The van der Waals surface area contributed by atoms with Crippen LogP contribution in [0, 0.1) is 11.8 Å². The summed E-state index contributed by atoms with van der Waals surface area (Å²) in [5.74, 6) is 0.676. The van der Waals surface area contributed by atoms with Crippen LogP contribution in [0.2, 0.25) is 0 Å². The number of piperazine rings is 1. The van der Waals surface area contributed by atoms with E-state index in [1.54, 1.807) is 0 Å². The fourth-order valence-corrected chi connectivity index (χ4v) is 2.93. The molecule has 100 valence electrons. The van der Waals surface area contributed by atoms with Gasteiger partial charge in [-0.05, 0) is 31.8 Å². The van der Waals surface area contributed by atoms with Crippen LogP contribution in [-0.2, 0) is 9.59 Å². The molecule has 1 saturated heterocycles. The second-order valence-corrected chi connectivity index (χ2v) is 5.23. The molecule has 4 nitrogen and oxygen atoms in total.